The van der Waals surface area contributed by atoms with Crippen LogP contribution in [-0.4, -0.2) is 25.0 Å². The summed E-state index contributed by atoms with van der Waals surface area (Å²) in [5.74, 6) is 0.476. The van der Waals surface area contributed by atoms with Crippen LogP contribution in [0.5, 0.6) is 11.5 Å². The molecule has 1 aliphatic rings. The molecule has 2 amide bonds. The highest BCUT2D eigenvalue weighted by molar-refractivity contribution is 7.12. The average Bonchev–Trinajstić information content (AvgIpc) is 2.97. The first-order valence-electron chi connectivity index (χ1n) is 7.16. The second-order valence-electron chi connectivity index (χ2n) is 5.05. The van der Waals surface area contributed by atoms with Crippen molar-refractivity contribution in [3.05, 3.63) is 45.6 Å². The summed E-state index contributed by atoms with van der Waals surface area (Å²) >= 11 is 1.56. The molecule has 23 heavy (non-hydrogen) atoms. The Bertz CT molecular complexity index is 741. The molecule has 0 aliphatic carbocycles. The Kier molecular flexibility index (Phi) is 4.47. The van der Waals surface area contributed by atoms with Crippen LogP contribution in [0.15, 0.2) is 30.3 Å². The predicted molar refractivity (Wildman–Crippen MR) is 85.8 cm³/mol. The van der Waals surface area contributed by atoms with E-state index in [2.05, 4.69) is 10.9 Å². The molecule has 2 N–H and O–H groups in total. The molecule has 0 fully saturated rings. The van der Waals surface area contributed by atoms with Crippen LogP contribution < -0.4 is 20.3 Å². The molecule has 3 rings (SSSR count). The van der Waals surface area contributed by atoms with Gasteiger partial charge < -0.3 is 9.47 Å². The molecule has 0 radical (unpaired) electrons. The Balaban J connectivity index is 1.55. The fraction of sp³-hybridized carbons (Fsp3) is 0.250. The number of benzene rings is 1. The molecule has 0 saturated carbocycles. The molecule has 0 bridgehead atoms. The monoisotopic (exact) mass is 332 g/mol. The van der Waals surface area contributed by atoms with E-state index in [0.717, 1.165) is 9.75 Å². The fourth-order valence-corrected chi connectivity index (χ4v) is 3.05. The number of rotatable bonds is 3. The molecule has 0 unspecified atom stereocenters. The molecular formula is C16H16N2O4S. The maximum Gasteiger partial charge on any atom is 0.269 e. The molecule has 2 aromatic rings. The summed E-state index contributed by atoms with van der Waals surface area (Å²) in [4.78, 5) is 26.0. The third-order valence-corrected chi connectivity index (χ3v) is 4.25. The van der Waals surface area contributed by atoms with Gasteiger partial charge in [0.25, 0.3) is 5.91 Å². The first-order chi connectivity index (χ1) is 11.1. The highest BCUT2D eigenvalue weighted by Crippen LogP contribution is 2.30. The number of fused-ring (bicyclic) bond motifs is 1. The summed E-state index contributed by atoms with van der Waals surface area (Å²) in [5.41, 5.74) is 5.21. The van der Waals surface area contributed by atoms with E-state index in [-0.39, 0.29) is 12.3 Å². The lowest BCUT2D eigenvalue weighted by atomic mass is 10.2. The zero-order valence-electron chi connectivity index (χ0n) is 12.5. The Hall–Kier alpha value is -2.54. The van der Waals surface area contributed by atoms with E-state index in [9.17, 15) is 9.59 Å². The summed E-state index contributed by atoms with van der Waals surface area (Å²) < 4.78 is 10.8. The number of hydrogen-bond donors (Lipinski definition) is 2. The van der Waals surface area contributed by atoms with Gasteiger partial charge in [-0.15, -0.1) is 11.3 Å². The van der Waals surface area contributed by atoms with Gasteiger partial charge in [0.1, 0.15) is 13.2 Å². The van der Waals surface area contributed by atoms with Gasteiger partial charge in [-0.1, -0.05) is 0 Å². The van der Waals surface area contributed by atoms with Crippen LogP contribution in [0.25, 0.3) is 0 Å². The smallest absolute Gasteiger partial charge is 0.269 e. The van der Waals surface area contributed by atoms with Gasteiger partial charge >= 0.3 is 0 Å². The van der Waals surface area contributed by atoms with Crippen molar-refractivity contribution in [2.24, 2.45) is 0 Å². The largest absolute Gasteiger partial charge is 0.486 e. The molecule has 7 heteroatoms. The number of aryl methyl sites for hydroxylation is 1. The summed E-state index contributed by atoms with van der Waals surface area (Å²) in [6, 6.07) is 8.76. The third kappa shape index (κ3) is 3.81. The molecule has 1 aromatic carbocycles. The average molecular weight is 332 g/mol. The zero-order chi connectivity index (χ0) is 16.2. The lowest BCUT2D eigenvalue weighted by molar-refractivity contribution is -0.121. The molecule has 0 spiro atoms. The Morgan fingerprint density at radius 2 is 1.87 bits per heavy atom. The van der Waals surface area contributed by atoms with Crippen molar-refractivity contribution in [2.75, 3.05) is 13.2 Å². The Morgan fingerprint density at radius 3 is 2.61 bits per heavy atom. The highest BCUT2D eigenvalue weighted by atomic mass is 32.1. The fourth-order valence-electron chi connectivity index (χ4n) is 2.17. The molecule has 1 aliphatic heterocycles. The predicted octanol–water partition coefficient (Wildman–Crippen LogP) is 1.83. The molecule has 6 nitrogen and oxygen atoms in total. The minimum Gasteiger partial charge on any atom is -0.486 e. The van der Waals surface area contributed by atoms with Crippen LogP contribution in [0.4, 0.5) is 0 Å². The first kappa shape index (κ1) is 15.4. The molecule has 2 heterocycles. The van der Waals surface area contributed by atoms with E-state index < -0.39 is 5.91 Å². The van der Waals surface area contributed by atoms with Gasteiger partial charge in [-0.25, -0.2) is 0 Å². The Labute approximate surface area is 137 Å². The van der Waals surface area contributed by atoms with Gasteiger partial charge in [-0.2, -0.15) is 0 Å². The quantitative estimate of drug-likeness (QED) is 0.841. The minimum absolute atomic E-state index is 0.236. The summed E-state index contributed by atoms with van der Waals surface area (Å²) in [7, 11) is 0. The third-order valence-electron chi connectivity index (χ3n) is 3.25. The maximum absolute atomic E-state index is 12.1. The summed E-state index contributed by atoms with van der Waals surface area (Å²) in [6.07, 6.45) is 0.236. The number of hydrogen-bond acceptors (Lipinski definition) is 5. The van der Waals surface area contributed by atoms with Crippen LogP contribution in [-0.2, 0) is 11.2 Å². The van der Waals surface area contributed by atoms with Gasteiger partial charge in [0.05, 0.1) is 6.42 Å². The molecular weight excluding hydrogens is 316 g/mol. The van der Waals surface area contributed by atoms with Crippen molar-refractivity contribution in [1.82, 2.24) is 10.9 Å². The second kappa shape index (κ2) is 6.70. The normalized spacial score (nSPS) is 12.6. The van der Waals surface area contributed by atoms with Crippen LogP contribution in [0.1, 0.15) is 20.1 Å². The number of carbonyl (C=O) groups is 2. The van der Waals surface area contributed by atoms with E-state index in [1.807, 2.05) is 19.1 Å². The highest BCUT2D eigenvalue weighted by Gasteiger charge is 2.15. The van der Waals surface area contributed by atoms with Crippen LogP contribution in [0.3, 0.4) is 0 Å². The van der Waals surface area contributed by atoms with Gasteiger partial charge in [-0.05, 0) is 37.3 Å². The molecule has 1 aromatic heterocycles. The number of ether oxygens (including phenoxy) is 2. The van der Waals surface area contributed by atoms with Crippen LogP contribution in [0.2, 0.25) is 0 Å². The van der Waals surface area contributed by atoms with Crippen LogP contribution in [0, 0.1) is 6.92 Å². The van der Waals surface area contributed by atoms with Gasteiger partial charge in [0.2, 0.25) is 5.91 Å². The number of nitrogens with one attached hydrogen (secondary N) is 2. The maximum atomic E-state index is 12.1. The van der Waals surface area contributed by atoms with Crippen molar-refractivity contribution in [2.45, 2.75) is 13.3 Å². The van der Waals surface area contributed by atoms with Gasteiger partial charge in [0.15, 0.2) is 11.5 Å². The lowest BCUT2D eigenvalue weighted by Crippen LogP contribution is -2.42. The Morgan fingerprint density at radius 1 is 1.09 bits per heavy atom. The molecule has 0 atom stereocenters. The van der Waals surface area contributed by atoms with Crippen molar-refractivity contribution in [3.8, 4) is 11.5 Å². The van der Waals surface area contributed by atoms with Crippen molar-refractivity contribution in [3.63, 3.8) is 0 Å². The number of hydrazine groups is 1. The van der Waals surface area contributed by atoms with E-state index in [1.54, 1.807) is 29.5 Å². The SMILES string of the molecule is Cc1ccc(CC(=O)NNC(=O)c2ccc3c(c2)OCCO3)s1. The van der Waals surface area contributed by atoms with E-state index >= 15 is 0 Å². The van der Waals surface area contributed by atoms with Crippen LogP contribution >= 0.6 is 11.3 Å². The zero-order valence-corrected chi connectivity index (χ0v) is 13.4. The number of thiophene rings is 1. The van der Waals surface area contributed by atoms with Gasteiger partial charge in [-0.3, -0.25) is 20.4 Å². The topological polar surface area (TPSA) is 76.7 Å². The first-order valence-corrected chi connectivity index (χ1v) is 7.97. The van der Waals surface area contributed by atoms with Crippen molar-refractivity contribution < 1.29 is 19.1 Å². The second-order valence-corrected chi connectivity index (χ2v) is 6.42. The minimum atomic E-state index is -0.405. The lowest BCUT2D eigenvalue weighted by Gasteiger charge is -2.18. The molecule has 120 valence electrons. The van der Waals surface area contributed by atoms with Gasteiger partial charge in [0, 0.05) is 15.3 Å². The van der Waals surface area contributed by atoms with Crippen molar-refractivity contribution in [1.29, 1.82) is 0 Å². The summed E-state index contributed by atoms with van der Waals surface area (Å²) in [6.45, 7) is 2.93. The van der Waals surface area contributed by atoms with E-state index in [4.69, 9.17) is 9.47 Å². The van der Waals surface area contributed by atoms with E-state index in [1.165, 1.54) is 0 Å². The van der Waals surface area contributed by atoms with Crippen molar-refractivity contribution >= 4 is 23.2 Å². The number of carbonyl (C=O) groups excluding carboxylic acids is 2. The standard InChI is InChI=1S/C16H16N2O4S/c1-10-2-4-12(23-10)9-15(19)17-18-16(20)11-3-5-13-14(8-11)22-7-6-21-13/h2-5,8H,6-7,9H2,1H3,(H,17,19)(H,18,20). The van der Waals surface area contributed by atoms with E-state index in [0.29, 0.717) is 30.3 Å². The molecule has 0 saturated heterocycles. The number of amides is 2. The summed E-state index contributed by atoms with van der Waals surface area (Å²) in [5, 5.41) is 0.